The van der Waals surface area contributed by atoms with Crippen molar-refractivity contribution in [1.29, 1.82) is 0 Å². The molecule has 1 atom stereocenters. The van der Waals surface area contributed by atoms with Crippen LogP contribution in [0.5, 0.6) is 0 Å². The average Bonchev–Trinajstić information content (AvgIpc) is 2.31. The molecule has 1 aliphatic heterocycles. The molecule has 18 heavy (non-hydrogen) atoms. The molecule has 5 rings (SSSR count). The number of hydrogen-bond acceptors (Lipinski definition) is 1. The van der Waals surface area contributed by atoms with E-state index in [9.17, 15) is 4.79 Å². The molecule has 4 saturated carbocycles. The van der Waals surface area contributed by atoms with Crippen LogP contribution in [0.25, 0.3) is 0 Å². The van der Waals surface area contributed by atoms with Crippen molar-refractivity contribution in [3.8, 4) is 0 Å². The molecule has 5 aliphatic rings. The summed E-state index contributed by atoms with van der Waals surface area (Å²) >= 11 is 0. The highest BCUT2D eigenvalue weighted by Crippen LogP contribution is 2.67. The molecule has 4 aliphatic carbocycles. The molecule has 1 saturated heterocycles. The third kappa shape index (κ3) is 1.44. The van der Waals surface area contributed by atoms with Crippen LogP contribution in [0.3, 0.4) is 0 Å². The van der Waals surface area contributed by atoms with Gasteiger partial charge in [-0.3, -0.25) is 4.79 Å². The molecule has 0 aromatic rings. The van der Waals surface area contributed by atoms with Crippen LogP contribution in [0.4, 0.5) is 0 Å². The molecule has 2 heteroatoms. The maximum absolute atomic E-state index is 11.5. The van der Waals surface area contributed by atoms with Gasteiger partial charge >= 0.3 is 0 Å². The standard InChI is InChI=1S/C16H25NO/c1-15(3-2-14(18)17-10-15)16-7-11-4-12(8-16)6-13(5-11)9-16/h11-13H,2-10H2,1H3,(H,17,18). The van der Waals surface area contributed by atoms with Gasteiger partial charge in [0.2, 0.25) is 5.91 Å². The molecule has 5 fully saturated rings. The van der Waals surface area contributed by atoms with Crippen LogP contribution in [0, 0.1) is 28.6 Å². The molecular formula is C16H25NO. The third-order valence-corrected chi connectivity index (χ3v) is 6.90. The number of hydrogen-bond donors (Lipinski definition) is 1. The maximum atomic E-state index is 11.5. The van der Waals surface area contributed by atoms with Crippen molar-refractivity contribution in [3.05, 3.63) is 0 Å². The average molecular weight is 247 g/mol. The Labute approximate surface area is 110 Å². The van der Waals surface area contributed by atoms with Crippen molar-refractivity contribution >= 4 is 5.91 Å². The predicted octanol–water partition coefficient (Wildman–Crippen LogP) is 3.12. The first-order chi connectivity index (χ1) is 8.59. The molecule has 0 spiro atoms. The molecule has 1 heterocycles. The summed E-state index contributed by atoms with van der Waals surface area (Å²) in [6.45, 7) is 3.41. The van der Waals surface area contributed by atoms with Gasteiger partial charge in [0.25, 0.3) is 0 Å². The van der Waals surface area contributed by atoms with Gasteiger partial charge in [-0.15, -0.1) is 0 Å². The fraction of sp³-hybridized carbons (Fsp3) is 0.938. The molecule has 0 aromatic heterocycles. The van der Waals surface area contributed by atoms with Gasteiger partial charge in [-0.1, -0.05) is 6.92 Å². The van der Waals surface area contributed by atoms with E-state index in [0.717, 1.165) is 37.1 Å². The summed E-state index contributed by atoms with van der Waals surface area (Å²) in [5.74, 6) is 3.33. The van der Waals surface area contributed by atoms with Crippen molar-refractivity contribution < 1.29 is 4.79 Å². The Kier molecular flexibility index (Phi) is 2.21. The molecule has 1 N–H and O–H groups in total. The maximum Gasteiger partial charge on any atom is 0.220 e. The quantitative estimate of drug-likeness (QED) is 0.758. The minimum absolute atomic E-state index is 0.275. The zero-order valence-corrected chi connectivity index (χ0v) is 11.5. The summed E-state index contributed by atoms with van der Waals surface area (Å²) in [4.78, 5) is 11.5. The second kappa shape index (κ2) is 3.52. The van der Waals surface area contributed by atoms with E-state index >= 15 is 0 Å². The molecule has 0 radical (unpaired) electrons. The van der Waals surface area contributed by atoms with Gasteiger partial charge < -0.3 is 5.32 Å². The number of piperidine rings is 1. The fourth-order valence-electron chi connectivity index (χ4n) is 6.16. The first kappa shape index (κ1) is 11.3. The van der Waals surface area contributed by atoms with Crippen LogP contribution >= 0.6 is 0 Å². The van der Waals surface area contributed by atoms with Crippen LogP contribution in [0.2, 0.25) is 0 Å². The van der Waals surface area contributed by atoms with E-state index in [1.165, 1.54) is 38.5 Å². The number of carbonyl (C=O) groups excluding carboxylic acids is 1. The number of carbonyl (C=O) groups is 1. The van der Waals surface area contributed by atoms with Crippen LogP contribution in [0.15, 0.2) is 0 Å². The van der Waals surface area contributed by atoms with Crippen LogP contribution in [0.1, 0.15) is 58.3 Å². The second-order valence-corrected chi connectivity index (χ2v) is 8.04. The van der Waals surface area contributed by atoms with Crippen molar-refractivity contribution in [3.63, 3.8) is 0 Å². The van der Waals surface area contributed by atoms with Gasteiger partial charge in [0, 0.05) is 13.0 Å². The minimum atomic E-state index is 0.275. The van der Waals surface area contributed by atoms with Crippen molar-refractivity contribution in [2.24, 2.45) is 28.6 Å². The lowest BCUT2D eigenvalue weighted by Gasteiger charge is -2.64. The van der Waals surface area contributed by atoms with Gasteiger partial charge in [-0.25, -0.2) is 0 Å². The van der Waals surface area contributed by atoms with E-state index in [1.807, 2.05) is 0 Å². The first-order valence-electron chi connectivity index (χ1n) is 7.85. The van der Waals surface area contributed by atoms with Gasteiger partial charge in [0.05, 0.1) is 0 Å². The van der Waals surface area contributed by atoms with E-state index in [2.05, 4.69) is 12.2 Å². The molecule has 4 bridgehead atoms. The topological polar surface area (TPSA) is 29.1 Å². The van der Waals surface area contributed by atoms with Gasteiger partial charge in [-0.2, -0.15) is 0 Å². The zero-order chi connectivity index (χ0) is 12.4. The SMILES string of the molecule is CC1(C23CC4CC(CC(C4)C2)C3)CCC(=O)NC1. The summed E-state index contributed by atoms with van der Waals surface area (Å²) < 4.78 is 0. The Hall–Kier alpha value is -0.530. The number of nitrogens with one attached hydrogen (secondary N) is 1. The van der Waals surface area contributed by atoms with Crippen molar-refractivity contribution in [2.75, 3.05) is 6.54 Å². The smallest absolute Gasteiger partial charge is 0.220 e. The highest BCUT2D eigenvalue weighted by atomic mass is 16.1. The monoisotopic (exact) mass is 247 g/mol. The predicted molar refractivity (Wildman–Crippen MR) is 71.0 cm³/mol. The van der Waals surface area contributed by atoms with Gasteiger partial charge in [0.15, 0.2) is 0 Å². The minimum Gasteiger partial charge on any atom is -0.356 e. The Morgan fingerprint density at radius 2 is 1.61 bits per heavy atom. The largest absolute Gasteiger partial charge is 0.356 e. The lowest BCUT2D eigenvalue weighted by Crippen LogP contribution is -2.58. The second-order valence-electron chi connectivity index (χ2n) is 8.04. The molecule has 2 nitrogen and oxygen atoms in total. The zero-order valence-electron chi connectivity index (χ0n) is 11.5. The Balaban J connectivity index is 1.65. The summed E-state index contributed by atoms with van der Waals surface area (Å²) in [5.41, 5.74) is 0.965. The van der Waals surface area contributed by atoms with E-state index in [-0.39, 0.29) is 5.91 Å². The van der Waals surface area contributed by atoms with Crippen LogP contribution in [-0.2, 0) is 4.79 Å². The number of amides is 1. The highest BCUT2D eigenvalue weighted by Gasteiger charge is 2.58. The van der Waals surface area contributed by atoms with Crippen molar-refractivity contribution in [1.82, 2.24) is 5.32 Å². The fourth-order valence-corrected chi connectivity index (χ4v) is 6.16. The van der Waals surface area contributed by atoms with E-state index < -0.39 is 0 Å². The van der Waals surface area contributed by atoms with Crippen LogP contribution in [-0.4, -0.2) is 12.5 Å². The summed E-state index contributed by atoms with van der Waals surface area (Å²) in [6.07, 6.45) is 10.8. The molecule has 100 valence electrons. The Morgan fingerprint density at radius 3 is 2.06 bits per heavy atom. The Morgan fingerprint density at radius 1 is 1.06 bits per heavy atom. The van der Waals surface area contributed by atoms with E-state index in [0.29, 0.717) is 10.8 Å². The Bertz CT molecular complexity index is 341. The number of rotatable bonds is 1. The van der Waals surface area contributed by atoms with Crippen LogP contribution < -0.4 is 5.32 Å². The van der Waals surface area contributed by atoms with Gasteiger partial charge in [-0.05, 0) is 73.5 Å². The van der Waals surface area contributed by atoms with Gasteiger partial charge in [0.1, 0.15) is 0 Å². The summed E-state index contributed by atoms with van der Waals surface area (Å²) in [6, 6.07) is 0. The van der Waals surface area contributed by atoms with E-state index in [1.54, 1.807) is 0 Å². The molecule has 0 aromatic carbocycles. The molecular weight excluding hydrogens is 222 g/mol. The lowest BCUT2D eigenvalue weighted by molar-refractivity contribution is -0.145. The highest BCUT2D eigenvalue weighted by molar-refractivity contribution is 5.76. The van der Waals surface area contributed by atoms with E-state index in [4.69, 9.17) is 0 Å². The first-order valence-corrected chi connectivity index (χ1v) is 7.85. The third-order valence-electron chi connectivity index (χ3n) is 6.90. The summed E-state index contributed by atoms with van der Waals surface area (Å²) in [5, 5.41) is 3.16. The van der Waals surface area contributed by atoms with Crippen molar-refractivity contribution in [2.45, 2.75) is 58.3 Å². The normalized spacial score (nSPS) is 54.5. The summed E-state index contributed by atoms with van der Waals surface area (Å²) in [7, 11) is 0. The molecule has 1 amide bonds. The molecule has 1 unspecified atom stereocenters. The lowest BCUT2D eigenvalue weighted by atomic mass is 9.42.